The lowest BCUT2D eigenvalue weighted by atomic mass is 10.1. The van der Waals surface area contributed by atoms with Crippen LogP contribution in [-0.4, -0.2) is 62.3 Å². The molecule has 3 heterocycles. The van der Waals surface area contributed by atoms with E-state index in [0.717, 1.165) is 64.0 Å². The predicted octanol–water partition coefficient (Wildman–Crippen LogP) is 2.12. The van der Waals surface area contributed by atoms with Gasteiger partial charge in [-0.2, -0.15) is 0 Å². The number of nitrogens with zero attached hydrogens (tertiary/aromatic N) is 2. The molecule has 2 saturated heterocycles. The first kappa shape index (κ1) is 19.2. The summed E-state index contributed by atoms with van der Waals surface area (Å²) in [5.41, 5.74) is 0. The van der Waals surface area contributed by atoms with Gasteiger partial charge < -0.3 is 19.8 Å². The molecule has 0 amide bonds. The minimum Gasteiger partial charge on any atom is -0.469 e. The van der Waals surface area contributed by atoms with Gasteiger partial charge in [0.2, 0.25) is 0 Å². The van der Waals surface area contributed by atoms with Crippen LogP contribution in [0.1, 0.15) is 33.0 Å². The summed E-state index contributed by atoms with van der Waals surface area (Å²) >= 11 is 0. The summed E-state index contributed by atoms with van der Waals surface area (Å²) in [6.07, 6.45) is 3.70. The Morgan fingerprint density at radius 1 is 1.38 bits per heavy atom. The van der Waals surface area contributed by atoms with E-state index in [1.807, 2.05) is 12.1 Å². The Kier molecular flexibility index (Phi) is 6.97. The van der Waals surface area contributed by atoms with Gasteiger partial charge in [-0.15, -0.1) is 0 Å². The van der Waals surface area contributed by atoms with Crippen LogP contribution < -0.4 is 10.6 Å². The van der Waals surface area contributed by atoms with Gasteiger partial charge in [-0.05, 0) is 38.3 Å². The number of furan rings is 1. The van der Waals surface area contributed by atoms with E-state index in [1.165, 1.54) is 0 Å². The molecular weight excluding hydrogens is 328 g/mol. The molecule has 2 fully saturated rings. The zero-order valence-electron chi connectivity index (χ0n) is 16.4. The number of aliphatic imine (C=N–C) groups is 1. The lowest BCUT2D eigenvalue weighted by Gasteiger charge is -2.22. The SMILES string of the molecule is CC1CN(C(C)C)CC1NC(=NCC1CCOC1)NCCc1ccco1. The van der Waals surface area contributed by atoms with Crippen molar-refractivity contribution in [1.29, 1.82) is 0 Å². The molecular formula is C20H34N4O2. The average Bonchev–Trinajstić information content (AvgIpc) is 3.35. The van der Waals surface area contributed by atoms with E-state index in [2.05, 4.69) is 36.3 Å². The molecule has 3 rings (SSSR count). The normalized spacial score (nSPS) is 27.4. The van der Waals surface area contributed by atoms with Crippen molar-refractivity contribution < 1.29 is 9.15 Å². The van der Waals surface area contributed by atoms with Gasteiger partial charge in [0.15, 0.2) is 5.96 Å². The molecule has 2 aliphatic rings. The molecule has 2 N–H and O–H groups in total. The number of ether oxygens (including phenoxy) is 1. The molecule has 3 unspecified atom stereocenters. The fraction of sp³-hybridized carbons (Fsp3) is 0.750. The molecule has 2 aliphatic heterocycles. The van der Waals surface area contributed by atoms with E-state index in [1.54, 1.807) is 6.26 Å². The Morgan fingerprint density at radius 2 is 2.27 bits per heavy atom. The highest BCUT2D eigenvalue weighted by Gasteiger charge is 2.31. The topological polar surface area (TPSA) is 62.0 Å². The lowest BCUT2D eigenvalue weighted by molar-refractivity contribution is 0.187. The first-order valence-electron chi connectivity index (χ1n) is 10.0. The van der Waals surface area contributed by atoms with Gasteiger partial charge in [0.05, 0.1) is 12.9 Å². The van der Waals surface area contributed by atoms with Gasteiger partial charge >= 0.3 is 0 Å². The average molecular weight is 363 g/mol. The van der Waals surface area contributed by atoms with Gasteiger partial charge in [0.25, 0.3) is 0 Å². The van der Waals surface area contributed by atoms with E-state index in [4.69, 9.17) is 14.1 Å². The third-order valence-corrected chi connectivity index (χ3v) is 5.47. The van der Waals surface area contributed by atoms with E-state index in [9.17, 15) is 0 Å². The quantitative estimate of drug-likeness (QED) is 0.575. The Labute approximate surface area is 157 Å². The van der Waals surface area contributed by atoms with Crippen molar-refractivity contribution in [2.24, 2.45) is 16.8 Å². The van der Waals surface area contributed by atoms with Gasteiger partial charge in [0, 0.05) is 57.2 Å². The third-order valence-electron chi connectivity index (χ3n) is 5.47. The molecule has 26 heavy (non-hydrogen) atoms. The summed E-state index contributed by atoms with van der Waals surface area (Å²) in [4.78, 5) is 7.39. The molecule has 146 valence electrons. The van der Waals surface area contributed by atoms with Gasteiger partial charge in [0.1, 0.15) is 5.76 Å². The Balaban J connectivity index is 1.55. The molecule has 0 bridgehead atoms. The molecule has 1 aromatic rings. The van der Waals surface area contributed by atoms with Crippen LogP contribution in [0.2, 0.25) is 0 Å². The summed E-state index contributed by atoms with van der Waals surface area (Å²) in [5.74, 6) is 3.09. The minimum atomic E-state index is 0.437. The van der Waals surface area contributed by atoms with Crippen LogP contribution in [0.3, 0.4) is 0 Å². The van der Waals surface area contributed by atoms with Crippen LogP contribution in [0.5, 0.6) is 0 Å². The Morgan fingerprint density at radius 3 is 2.92 bits per heavy atom. The maximum atomic E-state index is 5.48. The molecule has 0 aromatic carbocycles. The van der Waals surface area contributed by atoms with Crippen molar-refractivity contribution in [2.45, 2.75) is 45.7 Å². The van der Waals surface area contributed by atoms with Crippen molar-refractivity contribution in [2.75, 3.05) is 39.4 Å². The van der Waals surface area contributed by atoms with Crippen LogP contribution in [0.25, 0.3) is 0 Å². The highest BCUT2D eigenvalue weighted by Crippen LogP contribution is 2.18. The largest absolute Gasteiger partial charge is 0.469 e. The first-order chi connectivity index (χ1) is 12.6. The summed E-state index contributed by atoms with van der Waals surface area (Å²) < 4.78 is 10.9. The van der Waals surface area contributed by atoms with Gasteiger partial charge in [-0.25, -0.2) is 0 Å². The van der Waals surface area contributed by atoms with Crippen LogP contribution >= 0.6 is 0 Å². The standard InChI is InChI=1S/C20H34N4O2/c1-15(2)24-12-16(3)19(13-24)23-20(22-11-17-7-10-25-14-17)21-8-6-18-5-4-9-26-18/h4-5,9,15-17,19H,6-8,10-14H2,1-3H3,(H2,21,22,23). The minimum absolute atomic E-state index is 0.437. The molecule has 0 saturated carbocycles. The van der Waals surface area contributed by atoms with Gasteiger partial charge in [-0.3, -0.25) is 9.89 Å². The van der Waals surface area contributed by atoms with Crippen molar-refractivity contribution in [1.82, 2.24) is 15.5 Å². The van der Waals surface area contributed by atoms with E-state index in [0.29, 0.717) is 23.9 Å². The van der Waals surface area contributed by atoms with Crippen molar-refractivity contribution in [3.8, 4) is 0 Å². The number of guanidine groups is 1. The molecule has 3 atom stereocenters. The summed E-state index contributed by atoms with van der Waals surface area (Å²) in [5, 5.41) is 7.17. The van der Waals surface area contributed by atoms with Crippen LogP contribution in [0.4, 0.5) is 0 Å². The second kappa shape index (κ2) is 9.42. The zero-order chi connectivity index (χ0) is 18.4. The molecule has 0 aliphatic carbocycles. The van der Waals surface area contributed by atoms with Crippen LogP contribution in [0, 0.1) is 11.8 Å². The van der Waals surface area contributed by atoms with Crippen molar-refractivity contribution in [3.63, 3.8) is 0 Å². The summed E-state index contributed by atoms with van der Waals surface area (Å²) in [6, 6.07) is 4.98. The zero-order valence-corrected chi connectivity index (χ0v) is 16.4. The number of likely N-dealkylation sites (tertiary alicyclic amines) is 1. The van der Waals surface area contributed by atoms with E-state index in [-0.39, 0.29) is 0 Å². The molecule has 1 aromatic heterocycles. The first-order valence-corrected chi connectivity index (χ1v) is 10.0. The van der Waals surface area contributed by atoms with Crippen molar-refractivity contribution >= 4 is 5.96 Å². The van der Waals surface area contributed by atoms with E-state index >= 15 is 0 Å². The molecule has 6 heteroatoms. The third kappa shape index (κ3) is 5.48. The van der Waals surface area contributed by atoms with Gasteiger partial charge in [-0.1, -0.05) is 6.92 Å². The Bertz CT molecular complexity index is 552. The second-order valence-corrected chi connectivity index (χ2v) is 7.95. The number of hydrogen-bond donors (Lipinski definition) is 2. The number of hydrogen-bond acceptors (Lipinski definition) is 4. The molecule has 0 spiro atoms. The fourth-order valence-electron chi connectivity index (χ4n) is 3.65. The number of rotatable bonds is 7. The van der Waals surface area contributed by atoms with Crippen LogP contribution in [0.15, 0.2) is 27.8 Å². The predicted molar refractivity (Wildman–Crippen MR) is 104 cm³/mol. The number of nitrogens with one attached hydrogen (secondary N) is 2. The maximum absolute atomic E-state index is 5.48. The van der Waals surface area contributed by atoms with E-state index < -0.39 is 0 Å². The summed E-state index contributed by atoms with van der Waals surface area (Å²) in [7, 11) is 0. The smallest absolute Gasteiger partial charge is 0.191 e. The highest BCUT2D eigenvalue weighted by molar-refractivity contribution is 5.80. The maximum Gasteiger partial charge on any atom is 0.191 e. The summed E-state index contributed by atoms with van der Waals surface area (Å²) in [6.45, 7) is 12.4. The Hall–Kier alpha value is -1.53. The fourth-order valence-corrected chi connectivity index (χ4v) is 3.65. The monoisotopic (exact) mass is 362 g/mol. The van der Waals surface area contributed by atoms with Crippen LogP contribution in [-0.2, 0) is 11.2 Å². The molecule has 0 radical (unpaired) electrons. The molecule has 6 nitrogen and oxygen atoms in total. The lowest BCUT2D eigenvalue weighted by Crippen LogP contribution is -2.47. The second-order valence-electron chi connectivity index (χ2n) is 7.95. The highest BCUT2D eigenvalue weighted by atomic mass is 16.5. The van der Waals surface area contributed by atoms with Crippen molar-refractivity contribution in [3.05, 3.63) is 24.2 Å².